The van der Waals surface area contributed by atoms with E-state index >= 15 is 0 Å². The van der Waals surface area contributed by atoms with Gasteiger partial charge < -0.3 is 19.9 Å². The number of nitrogens with zero attached hydrogens (tertiary/aromatic N) is 3. The second kappa shape index (κ2) is 8.39. The SMILES string of the molecule is COc1cccc(Nc2cc(C)nc(C3CCN(C(=O)CN(C)C)C3)c2)c1. The number of hydrogen-bond donors (Lipinski definition) is 1. The molecule has 1 aromatic carbocycles. The van der Waals surface area contributed by atoms with Gasteiger partial charge in [-0.15, -0.1) is 0 Å². The third-order valence-electron chi connectivity index (χ3n) is 4.74. The molecular formula is C21H28N4O2. The maximum absolute atomic E-state index is 12.3. The predicted octanol–water partition coefficient (Wildman–Crippen LogP) is 3.02. The molecule has 1 fully saturated rings. The number of aryl methyl sites for hydroxylation is 1. The first-order valence-corrected chi connectivity index (χ1v) is 9.27. The molecule has 0 aliphatic carbocycles. The summed E-state index contributed by atoms with van der Waals surface area (Å²) >= 11 is 0. The first-order chi connectivity index (χ1) is 12.9. The molecule has 1 unspecified atom stereocenters. The molecule has 1 aliphatic heterocycles. The molecule has 1 N–H and O–H groups in total. The van der Waals surface area contributed by atoms with Crippen molar-refractivity contribution in [2.24, 2.45) is 0 Å². The van der Waals surface area contributed by atoms with Crippen molar-refractivity contribution in [2.45, 2.75) is 19.3 Å². The molecule has 6 nitrogen and oxygen atoms in total. The lowest BCUT2D eigenvalue weighted by atomic mass is 10.0. The highest BCUT2D eigenvalue weighted by Crippen LogP contribution is 2.29. The molecule has 144 valence electrons. The standard InChI is InChI=1S/C21H28N4O2/c1-15-10-18(23-17-6-5-7-19(11-17)27-4)12-20(22-15)16-8-9-25(13-16)21(26)14-24(2)3/h5-7,10-12,16H,8-9,13-14H2,1-4H3,(H,22,23). The molecule has 1 aromatic heterocycles. The number of carbonyl (C=O) groups excluding carboxylic acids is 1. The van der Waals surface area contributed by atoms with E-state index in [1.54, 1.807) is 7.11 Å². The monoisotopic (exact) mass is 368 g/mol. The van der Waals surface area contributed by atoms with E-state index in [0.29, 0.717) is 6.54 Å². The van der Waals surface area contributed by atoms with Crippen LogP contribution in [0.25, 0.3) is 0 Å². The molecule has 1 saturated heterocycles. The topological polar surface area (TPSA) is 57.7 Å². The summed E-state index contributed by atoms with van der Waals surface area (Å²) in [7, 11) is 5.51. The molecule has 3 rings (SSSR count). The van der Waals surface area contributed by atoms with Crippen LogP contribution in [0.15, 0.2) is 36.4 Å². The fraction of sp³-hybridized carbons (Fsp3) is 0.429. The number of anilines is 2. The van der Waals surface area contributed by atoms with E-state index in [1.807, 2.05) is 61.2 Å². The average molecular weight is 368 g/mol. The molecular weight excluding hydrogens is 340 g/mol. The van der Waals surface area contributed by atoms with Crippen molar-refractivity contribution in [1.29, 1.82) is 0 Å². The minimum absolute atomic E-state index is 0.185. The number of methoxy groups -OCH3 is 1. The van der Waals surface area contributed by atoms with E-state index in [2.05, 4.69) is 11.4 Å². The Morgan fingerprint density at radius 2 is 2.11 bits per heavy atom. The van der Waals surface area contributed by atoms with Crippen LogP contribution in [-0.2, 0) is 4.79 Å². The zero-order valence-corrected chi connectivity index (χ0v) is 16.5. The summed E-state index contributed by atoms with van der Waals surface area (Å²) in [5, 5.41) is 3.44. The van der Waals surface area contributed by atoms with Gasteiger partial charge in [-0.25, -0.2) is 0 Å². The zero-order valence-electron chi connectivity index (χ0n) is 16.5. The Kier molecular flexibility index (Phi) is 5.96. The van der Waals surface area contributed by atoms with Gasteiger partial charge in [0.05, 0.1) is 13.7 Å². The number of amides is 1. The maximum Gasteiger partial charge on any atom is 0.236 e. The van der Waals surface area contributed by atoms with Crippen LogP contribution in [-0.4, -0.2) is 61.5 Å². The molecule has 0 spiro atoms. The number of aromatic nitrogens is 1. The summed E-state index contributed by atoms with van der Waals surface area (Å²) in [6.07, 6.45) is 0.953. The van der Waals surface area contributed by atoms with Crippen molar-refractivity contribution in [1.82, 2.24) is 14.8 Å². The molecule has 2 heterocycles. The second-order valence-electron chi connectivity index (χ2n) is 7.34. The zero-order chi connectivity index (χ0) is 19.4. The molecule has 27 heavy (non-hydrogen) atoms. The van der Waals surface area contributed by atoms with Crippen molar-refractivity contribution >= 4 is 17.3 Å². The first-order valence-electron chi connectivity index (χ1n) is 9.27. The Labute approximate surface area is 161 Å². The summed E-state index contributed by atoms with van der Waals surface area (Å²) < 4.78 is 5.29. The molecule has 1 amide bonds. The highest BCUT2D eigenvalue weighted by Gasteiger charge is 2.28. The van der Waals surface area contributed by atoms with Gasteiger partial charge in [0.25, 0.3) is 0 Å². The Morgan fingerprint density at radius 1 is 1.30 bits per heavy atom. The molecule has 0 saturated carbocycles. The van der Waals surface area contributed by atoms with Gasteiger partial charge in [0, 0.05) is 47.8 Å². The van der Waals surface area contributed by atoms with Crippen molar-refractivity contribution in [3.05, 3.63) is 47.8 Å². The fourth-order valence-electron chi connectivity index (χ4n) is 3.44. The van der Waals surface area contributed by atoms with E-state index in [9.17, 15) is 4.79 Å². The lowest BCUT2D eigenvalue weighted by molar-refractivity contribution is -0.130. The summed E-state index contributed by atoms with van der Waals surface area (Å²) in [5.41, 5.74) is 3.99. The van der Waals surface area contributed by atoms with Crippen molar-refractivity contribution < 1.29 is 9.53 Å². The molecule has 2 aromatic rings. The van der Waals surface area contributed by atoms with Crippen molar-refractivity contribution in [3.8, 4) is 5.75 Å². The average Bonchev–Trinajstić information content (AvgIpc) is 3.11. The predicted molar refractivity (Wildman–Crippen MR) is 108 cm³/mol. The van der Waals surface area contributed by atoms with Gasteiger partial charge >= 0.3 is 0 Å². The number of hydrogen-bond acceptors (Lipinski definition) is 5. The molecule has 6 heteroatoms. The highest BCUT2D eigenvalue weighted by molar-refractivity contribution is 5.78. The third kappa shape index (κ3) is 4.98. The molecule has 0 radical (unpaired) electrons. The van der Waals surface area contributed by atoms with E-state index in [-0.39, 0.29) is 11.8 Å². The highest BCUT2D eigenvalue weighted by atomic mass is 16.5. The Balaban J connectivity index is 1.73. The smallest absolute Gasteiger partial charge is 0.236 e. The first kappa shape index (κ1) is 19.2. The largest absolute Gasteiger partial charge is 0.497 e. The van der Waals surface area contributed by atoms with Gasteiger partial charge in [-0.2, -0.15) is 0 Å². The van der Waals surface area contributed by atoms with Crippen LogP contribution in [0, 0.1) is 6.92 Å². The quantitative estimate of drug-likeness (QED) is 0.849. The summed E-state index contributed by atoms with van der Waals surface area (Å²) in [6, 6.07) is 12.0. The summed E-state index contributed by atoms with van der Waals surface area (Å²) in [6.45, 7) is 3.99. The van der Waals surface area contributed by atoms with Crippen LogP contribution in [0.3, 0.4) is 0 Å². The number of ether oxygens (including phenoxy) is 1. The van der Waals surface area contributed by atoms with Crippen LogP contribution in [0.4, 0.5) is 11.4 Å². The van der Waals surface area contributed by atoms with Gasteiger partial charge in [-0.05, 0) is 51.7 Å². The molecule has 0 bridgehead atoms. The molecule has 1 aliphatic rings. The lowest BCUT2D eigenvalue weighted by Crippen LogP contribution is -2.36. The van der Waals surface area contributed by atoms with Crippen molar-refractivity contribution in [3.63, 3.8) is 0 Å². The Morgan fingerprint density at radius 3 is 2.85 bits per heavy atom. The van der Waals surface area contributed by atoms with Gasteiger partial charge in [-0.3, -0.25) is 9.78 Å². The van der Waals surface area contributed by atoms with Crippen LogP contribution in [0.5, 0.6) is 5.75 Å². The number of likely N-dealkylation sites (N-methyl/N-ethyl adjacent to an activating group) is 1. The van der Waals surface area contributed by atoms with E-state index in [1.165, 1.54) is 0 Å². The van der Waals surface area contributed by atoms with Crippen molar-refractivity contribution in [2.75, 3.05) is 46.2 Å². The lowest BCUT2D eigenvalue weighted by Gasteiger charge is -2.19. The number of pyridine rings is 1. The van der Waals surface area contributed by atoms with Crippen LogP contribution < -0.4 is 10.1 Å². The van der Waals surface area contributed by atoms with E-state index in [0.717, 1.165) is 48.0 Å². The van der Waals surface area contributed by atoms with Crippen LogP contribution in [0.1, 0.15) is 23.7 Å². The third-order valence-corrected chi connectivity index (χ3v) is 4.74. The normalized spacial score (nSPS) is 16.6. The molecule has 1 atom stereocenters. The number of benzene rings is 1. The van der Waals surface area contributed by atoms with E-state index < -0.39 is 0 Å². The van der Waals surface area contributed by atoms with E-state index in [4.69, 9.17) is 9.72 Å². The Hall–Kier alpha value is -2.60. The van der Waals surface area contributed by atoms with Gasteiger partial charge in [-0.1, -0.05) is 6.07 Å². The minimum atomic E-state index is 0.185. The van der Waals surface area contributed by atoms with Crippen LogP contribution in [0.2, 0.25) is 0 Å². The minimum Gasteiger partial charge on any atom is -0.497 e. The number of likely N-dealkylation sites (tertiary alicyclic amines) is 1. The maximum atomic E-state index is 12.3. The number of carbonyl (C=O) groups is 1. The number of rotatable bonds is 6. The Bertz CT molecular complexity index is 807. The van der Waals surface area contributed by atoms with Gasteiger partial charge in [0.1, 0.15) is 5.75 Å². The number of nitrogens with one attached hydrogen (secondary N) is 1. The van der Waals surface area contributed by atoms with Crippen LogP contribution >= 0.6 is 0 Å². The summed E-state index contributed by atoms with van der Waals surface area (Å²) in [4.78, 5) is 20.9. The van der Waals surface area contributed by atoms with Gasteiger partial charge in [0.15, 0.2) is 0 Å². The van der Waals surface area contributed by atoms with Gasteiger partial charge in [0.2, 0.25) is 5.91 Å². The fourth-order valence-corrected chi connectivity index (χ4v) is 3.44. The summed E-state index contributed by atoms with van der Waals surface area (Å²) in [5.74, 6) is 1.28. The second-order valence-corrected chi connectivity index (χ2v) is 7.34.